The first kappa shape index (κ1) is 15.9. The summed E-state index contributed by atoms with van der Waals surface area (Å²) in [5, 5.41) is 15.7. The maximum atomic E-state index is 10.5. The molecule has 0 saturated carbocycles. The summed E-state index contributed by atoms with van der Waals surface area (Å²) >= 11 is 0. The molecule has 130 valence electrons. The van der Waals surface area contributed by atoms with E-state index in [9.17, 15) is 5.11 Å². The maximum Gasteiger partial charge on any atom is 0.157 e. The molecule has 1 fully saturated rings. The lowest BCUT2D eigenvalue weighted by molar-refractivity contribution is 0.0737. The van der Waals surface area contributed by atoms with E-state index in [1.165, 1.54) is 0 Å². The third-order valence-corrected chi connectivity index (χ3v) is 4.66. The van der Waals surface area contributed by atoms with Crippen molar-refractivity contribution in [3.05, 3.63) is 48.4 Å². The second-order valence-electron chi connectivity index (χ2n) is 6.48. The van der Waals surface area contributed by atoms with Crippen LogP contribution >= 0.6 is 0 Å². The molecule has 1 N–H and O–H groups in total. The molecular weight excluding hydrogens is 316 g/mol. The van der Waals surface area contributed by atoms with Gasteiger partial charge in [-0.1, -0.05) is 25.1 Å². The Kier molecular flexibility index (Phi) is 4.05. The zero-order valence-electron chi connectivity index (χ0n) is 14.5. The van der Waals surface area contributed by atoms with Crippen LogP contribution in [0.3, 0.4) is 0 Å². The van der Waals surface area contributed by atoms with Crippen LogP contribution in [-0.4, -0.2) is 45.2 Å². The summed E-state index contributed by atoms with van der Waals surface area (Å²) < 4.78 is 7.63. The quantitative estimate of drug-likeness (QED) is 0.790. The number of aromatic nitrogens is 3. The monoisotopic (exact) mass is 338 g/mol. The first-order valence-electron chi connectivity index (χ1n) is 8.61. The van der Waals surface area contributed by atoms with Crippen molar-refractivity contribution in [2.45, 2.75) is 25.6 Å². The molecule has 0 aliphatic carbocycles. The van der Waals surface area contributed by atoms with Gasteiger partial charge in [0.05, 0.1) is 24.5 Å². The average molecular weight is 338 g/mol. The van der Waals surface area contributed by atoms with E-state index in [1.807, 2.05) is 31.4 Å². The van der Waals surface area contributed by atoms with Gasteiger partial charge in [0, 0.05) is 30.4 Å². The number of hydrogen-bond acceptors (Lipinski definition) is 5. The first-order chi connectivity index (χ1) is 12.1. The van der Waals surface area contributed by atoms with Gasteiger partial charge in [-0.3, -0.25) is 9.67 Å². The van der Waals surface area contributed by atoms with Crippen molar-refractivity contribution < 1.29 is 9.84 Å². The highest BCUT2D eigenvalue weighted by molar-refractivity contribution is 5.92. The summed E-state index contributed by atoms with van der Waals surface area (Å²) in [5.41, 5.74) is 3.15. The molecule has 4 rings (SSSR count). The summed E-state index contributed by atoms with van der Waals surface area (Å²) in [6.07, 6.45) is 3.54. The SMILES string of the molecule is CCc1cc(N2C[C@@H](O)[C@H](Oc3cnn(C)c3)C2)c2ccccc2n1. The third kappa shape index (κ3) is 3.05. The van der Waals surface area contributed by atoms with E-state index in [4.69, 9.17) is 9.72 Å². The van der Waals surface area contributed by atoms with Crippen LogP contribution in [-0.2, 0) is 13.5 Å². The number of pyridine rings is 1. The van der Waals surface area contributed by atoms with Crippen molar-refractivity contribution in [2.75, 3.05) is 18.0 Å². The molecular formula is C19H22N4O2. The lowest BCUT2D eigenvalue weighted by Crippen LogP contribution is -2.29. The Morgan fingerprint density at radius 2 is 2.12 bits per heavy atom. The zero-order valence-corrected chi connectivity index (χ0v) is 14.5. The van der Waals surface area contributed by atoms with Gasteiger partial charge in [0.15, 0.2) is 5.75 Å². The van der Waals surface area contributed by atoms with Gasteiger partial charge in [0.1, 0.15) is 12.2 Å². The number of aliphatic hydroxyl groups is 1. The fraction of sp³-hybridized carbons (Fsp3) is 0.368. The summed E-state index contributed by atoms with van der Waals surface area (Å²) in [6.45, 7) is 3.28. The van der Waals surface area contributed by atoms with E-state index < -0.39 is 6.10 Å². The van der Waals surface area contributed by atoms with Gasteiger partial charge in [-0.2, -0.15) is 5.10 Å². The topological polar surface area (TPSA) is 63.4 Å². The van der Waals surface area contributed by atoms with Crippen LogP contribution < -0.4 is 9.64 Å². The van der Waals surface area contributed by atoms with Gasteiger partial charge in [-0.15, -0.1) is 0 Å². The molecule has 2 atom stereocenters. The minimum absolute atomic E-state index is 0.277. The predicted octanol–water partition coefficient (Wildman–Crippen LogP) is 2.16. The third-order valence-electron chi connectivity index (χ3n) is 4.66. The standard InChI is InChI=1S/C19H22N4O2/c1-3-13-8-17(15-6-4-5-7-16(15)21-13)23-11-18(24)19(12-23)25-14-9-20-22(2)10-14/h4-10,18-19,24H,3,11-12H2,1-2H3/t18-,19-/m1/s1. The lowest BCUT2D eigenvalue weighted by atomic mass is 10.1. The first-order valence-corrected chi connectivity index (χ1v) is 8.61. The molecule has 1 aliphatic heterocycles. The number of anilines is 1. The number of aryl methyl sites for hydroxylation is 2. The highest BCUT2D eigenvalue weighted by Crippen LogP contribution is 2.31. The van der Waals surface area contributed by atoms with Crippen molar-refractivity contribution in [3.63, 3.8) is 0 Å². The fourth-order valence-electron chi connectivity index (χ4n) is 3.36. The minimum Gasteiger partial charge on any atom is -0.482 e. The average Bonchev–Trinajstić information content (AvgIpc) is 3.20. The van der Waals surface area contributed by atoms with Gasteiger partial charge in [0.2, 0.25) is 0 Å². The number of ether oxygens (including phenoxy) is 1. The second kappa shape index (κ2) is 6.37. The van der Waals surface area contributed by atoms with Crippen LogP contribution in [0, 0.1) is 0 Å². The molecule has 1 saturated heterocycles. The van der Waals surface area contributed by atoms with Crippen LogP contribution in [0.4, 0.5) is 5.69 Å². The summed E-state index contributed by atoms with van der Waals surface area (Å²) in [5.74, 6) is 0.683. The smallest absolute Gasteiger partial charge is 0.157 e. The Morgan fingerprint density at radius 1 is 1.28 bits per heavy atom. The van der Waals surface area contributed by atoms with Crippen molar-refractivity contribution in [3.8, 4) is 5.75 Å². The zero-order chi connectivity index (χ0) is 17.4. The Hall–Kier alpha value is -2.60. The molecule has 2 aromatic heterocycles. The van der Waals surface area contributed by atoms with Gasteiger partial charge in [0.25, 0.3) is 0 Å². The summed E-state index contributed by atoms with van der Waals surface area (Å²) in [7, 11) is 1.85. The number of rotatable bonds is 4. The highest BCUT2D eigenvalue weighted by atomic mass is 16.5. The van der Waals surface area contributed by atoms with E-state index in [0.717, 1.165) is 28.7 Å². The number of hydrogen-bond donors (Lipinski definition) is 1. The number of benzene rings is 1. The van der Waals surface area contributed by atoms with Gasteiger partial charge in [-0.05, 0) is 18.6 Å². The Labute approximate surface area is 146 Å². The molecule has 1 aromatic carbocycles. The number of para-hydroxylation sites is 1. The van der Waals surface area contributed by atoms with Crippen LogP contribution in [0.2, 0.25) is 0 Å². The highest BCUT2D eigenvalue weighted by Gasteiger charge is 2.34. The number of nitrogens with zero attached hydrogens (tertiary/aromatic N) is 4. The molecule has 0 spiro atoms. The normalized spacial score (nSPS) is 20.4. The Morgan fingerprint density at radius 3 is 2.88 bits per heavy atom. The number of aliphatic hydroxyl groups excluding tert-OH is 1. The predicted molar refractivity (Wildman–Crippen MR) is 97.0 cm³/mol. The van der Waals surface area contributed by atoms with Crippen LogP contribution in [0.25, 0.3) is 10.9 Å². The molecule has 0 bridgehead atoms. The van der Waals surface area contributed by atoms with Crippen molar-refractivity contribution in [2.24, 2.45) is 7.05 Å². The van der Waals surface area contributed by atoms with Crippen LogP contribution in [0.1, 0.15) is 12.6 Å². The maximum absolute atomic E-state index is 10.5. The number of β-amino-alcohol motifs (C(OH)–C–C–N with tert-alkyl or cyclic N) is 1. The Balaban J connectivity index is 1.63. The van der Waals surface area contributed by atoms with Crippen molar-refractivity contribution in [1.29, 1.82) is 0 Å². The summed E-state index contributed by atoms with van der Waals surface area (Å²) in [4.78, 5) is 6.89. The molecule has 1 aliphatic rings. The Bertz CT molecular complexity index is 892. The number of fused-ring (bicyclic) bond motifs is 1. The minimum atomic E-state index is -0.544. The molecule has 0 amide bonds. The largest absolute Gasteiger partial charge is 0.482 e. The van der Waals surface area contributed by atoms with Crippen LogP contribution in [0.5, 0.6) is 5.75 Å². The molecule has 0 unspecified atom stereocenters. The fourth-order valence-corrected chi connectivity index (χ4v) is 3.36. The molecule has 3 aromatic rings. The lowest BCUT2D eigenvalue weighted by Gasteiger charge is -2.21. The second-order valence-corrected chi connectivity index (χ2v) is 6.48. The molecule has 6 heteroatoms. The van der Waals surface area contributed by atoms with Gasteiger partial charge >= 0.3 is 0 Å². The van der Waals surface area contributed by atoms with E-state index in [0.29, 0.717) is 18.8 Å². The summed E-state index contributed by atoms with van der Waals surface area (Å²) in [6, 6.07) is 10.3. The van der Waals surface area contributed by atoms with E-state index in [2.05, 4.69) is 29.1 Å². The molecule has 25 heavy (non-hydrogen) atoms. The van der Waals surface area contributed by atoms with E-state index in [-0.39, 0.29) is 6.10 Å². The van der Waals surface area contributed by atoms with E-state index >= 15 is 0 Å². The van der Waals surface area contributed by atoms with Gasteiger partial charge < -0.3 is 14.7 Å². The van der Waals surface area contributed by atoms with Gasteiger partial charge in [-0.25, -0.2) is 0 Å². The van der Waals surface area contributed by atoms with E-state index in [1.54, 1.807) is 10.9 Å². The molecule has 0 radical (unpaired) electrons. The molecule has 6 nitrogen and oxygen atoms in total. The van der Waals surface area contributed by atoms with Crippen LogP contribution in [0.15, 0.2) is 42.7 Å². The van der Waals surface area contributed by atoms with Crippen molar-refractivity contribution in [1.82, 2.24) is 14.8 Å². The molecule has 3 heterocycles. The van der Waals surface area contributed by atoms with Crippen molar-refractivity contribution >= 4 is 16.6 Å².